The highest BCUT2D eigenvalue weighted by molar-refractivity contribution is 5.99. The quantitative estimate of drug-likeness (QED) is 0.0137. The Labute approximate surface area is 531 Å². The predicted octanol–water partition coefficient (Wildman–Crippen LogP) is -1.72. The first-order chi connectivity index (χ1) is 43.6. The molecule has 0 saturated carbocycles. The molecule has 1 saturated heterocycles. The molecule has 0 radical (unpaired) electrons. The predicted molar refractivity (Wildman–Crippen MR) is 334 cm³/mol. The van der Waals surface area contributed by atoms with Crippen LogP contribution in [-0.4, -0.2) is 185 Å². The van der Waals surface area contributed by atoms with Gasteiger partial charge in [-0.2, -0.15) is 0 Å². The summed E-state index contributed by atoms with van der Waals surface area (Å²) in [5, 5.41) is 50.6. The normalized spacial score (nSPS) is 15.8. The number of carboxylic acids is 2. The summed E-state index contributed by atoms with van der Waals surface area (Å²) < 4.78 is 0. The average molecular weight is 1280 g/mol. The number of hydrogen-bond donors (Lipinski definition) is 16. The third-order valence-corrected chi connectivity index (χ3v) is 15.1. The molecule has 31 nitrogen and oxygen atoms in total. The molecule has 2 aromatic heterocycles. The van der Waals surface area contributed by atoms with E-state index in [-0.39, 0.29) is 82.1 Å². The lowest BCUT2D eigenvalue weighted by Crippen LogP contribution is -2.62. The minimum atomic E-state index is -1.53. The van der Waals surface area contributed by atoms with Gasteiger partial charge in [0.1, 0.15) is 60.1 Å². The topological polar surface area (TPSA) is 496 Å². The number of rotatable bonds is 36. The lowest BCUT2D eigenvalue weighted by atomic mass is 9.98. The molecule has 0 spiro atoms. The summed E-state index contributed by atoms with van der Waals surface area (Å²) in [4.78, 5) is 171. The van der Waals surface area contributed by atoms with E-state index in [4.69, 9.17) is 17.2 Å². The number of nitrogens with two attached hydrogens (primary N) is 3. The number of hydrogen-bond acceptors (Lipinski definition) is 16. The van der Waals surface area contributed by atoms with Gasteiger partial charge in [0.15, 0.2) is 5.96 Å². The summed E-state index contributed by atoms with van der Waals surface area (Å²) in [6.45, 7) is 10.2. The van der Waals surface area contributed by atoms with Gasteiger partial charge >= 0.3 is 11.9 Å². The Bertz CT molecular complexity index is 3160. The van der Waals surface area contributed by atoms with Gasteiger partial charge in [-0.3, -0.25) is 52.9 Å². The van der Waals surface area contributed by atoms with Crippen LogP contribution in [0.2, 0.25) is 0 Å². The highest BCUT2D eigenvalue weighted by Crippen LogP contribution is 2.22. The van der Waals surface area contributed by atoms with Gasteiger partial charge in [-0.05, 0) is 73.1 Å². The molecule has 31 heteroatoms. The van der Waals surface area contributed by atoms with Crippen LogP contribution in [0.5, 0.6) is 5.75 Å². The molecule has 0 aliphatic carbocycles. The Morgan fingerprint density at radius 1 is 0.598 bits per heavy atom. The fourth-order valence-electron chi connectivity index (χ4n) is 10.2. The Hall–Kier alpha value is -9.94. The van der Waals surface area contributed by atoms with Crippen LogP contribution >= 0.6 is 0 Å². The number of carboxylic acid groups (broad SMARTS) is 2. The van der Waals surface area contributed by atoms with Crippen molar-refractivity contribution in [3.8, 4) is 5.75 Å². The highest BCUT2D eigenvalue weighted by atomic mass is 16.4. The van der Waals surface area contributed by atoms with Crippen LogP contribution in [-0.2, 0) is 78.4 Å². The lowest BCUT2D eigenvalue weighted by Gasteiger charge is -2.32. The Morgan fingerprint density at radius 2 is 1.08 bits per heavy atom. The van der Waals surface area contributed by atoms with Gasteiger partial charge in [0.25, 0.3) is 0 Å². The summed E-state index contributed by atoms with van der Waals surface area (Å²) in [6, 6.07) is 0.766. The van der Waals surface area contributed by atoms with Gasteiger partial charge in [-0.1, -0.05) is 84.0 Å². The van der Waals surface area contributed by atoms with E-state index in [0.29, 0.717) is 28.9 Å². The lowest BCUT2D eigenvalue weighted by molar-refractivity contribution is -0.143. The molecule has 1 aliphatic rings. The summed E-state index contributed by atoms with van der Waals surface area (Å²) in [7, 11) is 0. The van der Waals surface area contributed by atoms with E-state index in [2.05, 4.69) is 67.5 Å². The fraction of sp³-hybridized carbons (Fsp3) is 0.508. The van der Waals surface area contributed by atoms with Crippen LogP contribution in [0.4, 0.5) is 0 Å². The number of carbonyl (C=O) groups is 11. The number of nitrogens with one attached hydrogen (secondary N) is 10. The van der Waals surface area contributed by atoms with Crippen molar-refractivity contribution in [3.63, 3.8) is 0 Å². The first-order valence-electron chi connectivity index (χ1n) is 30.4. The number of phenolic OH excluding ortho intramolecular Hbond substituents is 1. The molecule has 3 heterocycles. The van der Waals surface area contributed by atoms with Crippen molar-refractivity contribution in [3.05, 3.63) is 102 Å². The van der Waals surface area contributed by atoms with Crippen LogP contribution in [0.1, 0.15) is 103 Å². The van der Waals surface area contributed by atoms with Crippen molar-refractivity contribution in [2.24, 2.45) is 39.9 Å². The summed E-state index contributed by atoms with van der Waals surface area (Å²) >= 11 is 0. The minimum absolute atomic E-state index is 0.0422. The van der Waals surface area contributed by atoms with Gasteiger partial charge < -0.3 is 89.9 Å². The summed E-state index contributed by atoms with van der Waals surface area (Å²) in [5.41, 5.74) is 18.6. The molecular formula is C61H87N17O14. The Morgan fingerprint density at radius 3 is 1.59 bits per heavy atom. The number of aliphatic imine (C=N–C) groups is 1. The number of nitrogens with zero attached hydrogens (tertiary/aromatic N) is 4. The SMILES string of the molecule is CC(C)C[C@H](NC(=O)[C@H](Cc1cnc[nH]1)NC(=O)[C@H](Cc1ccccc1)NC(=O)[C@@H]1CCCN1C(=O)[C@H](Cc1cnc[nH]1)NC(=O)[C@@H](NC(=O)[C@H](Cc1ccc(O)cc1)NC(=O)[C@@H](NC(=O)[C@H](CCCN=C(N)N)NC(=O)[C@@H](N)CC(=O)O)C(C)C)C(C)C)C(=O)O. The summed E-state index contributed by atoms with van der Waals surface area (Å²) in [5.74, 6) is -11.8. The molecule has 500 valence electrons. The number of aromatic amines is 2. The van der Waals surface area contributed by atoms with Crippen molar-refractivity contribution < 1.29 is 68.1 Å². The standard InChI is InChI=1S/C61H87N17O14/c1-32(2)22-46(60(91)92)75-54(85)44(25-37-28-65-30-68-37)71-53(84)42(23-35-12-8-7-9-13-35)72-56(87)47-15-11-21-78(47)59(90)45(26-38-29-66-31-69-38)74-58(89)50(34(5)6)77-55(86)43(24-36-16-18-39(79)19-17-36)73-57(88)49(33(3)4)76-52(83)41(14-10-20-67-61(63)64)70-51(82)40(62)27-48(80)81/h7-9,12-13,16-19,28-34,40-47,49-50,79H,10-11,14-15,20-27,62H2,1-6H3,(H,65,68)(H,66,69)(H,70,82)(H,71,84)(H,72,87)(H,73,88)(H,74,89)(H,75,85)(H,76,83)(H,77,86)(H,80,81)(H,91,92)(H4,63,64,67)/t40-,41-,42-,43-,44-,45-,46-,47-,49-,50-/m0/s1. The zero-order valence-corrected chi connectivity index (χ0v) is 52.3. The number of benzene rings is 2. The van der Waals surface area contributed by atoms with Gasteiger partial charge in [0.05, 0.1) is 25.1 Å². The zero-order valence-electron chi connectivity index (χ0n) is 52.3. The molecule has 10 atom stereocenters. The molecule has 1 fully saturated rings. The largest absolute Gasteiger partial charge is 0.508 e. The molecule has 4 aromatic rings. The number of phenols is 1. The third kappa shape index (κ3) is 23.1. The number of H-pyrrole nitrogens is 2. The molecule has 92 heavy (non-hydrogen) atoms. The third-order valence-electron chi connectivity index (χ3n) is 15.1. The van der Waals surface area contributed by atoms with Crippen LogP contribution < -0.4 is 59.7 Å². The minimum Gasteiger partial charge on any atom is -0.508 e. The van der Waals surface area contributed by atoms with Gasteiger partial charge in [0.2, 0.25) is 53.2 Å². The monoisotopic (exact) mass is 1280 g/mol. The van der Waals surface area contributed by atoms with Crippen molar-refractivity contribution >= 4 is 71.1 Å². The molecule has 2 aromatic carbocycles. The van der Waals surface area contributed by atoms with Crippen molar-refractivity contribution in [2.45, 2.75) is 166 Å². The van der Waals surface area contributed by atoms with E-state index in [1.54, 1.807) is 71.9 Å². The second-order valence-electron chi connectivity index (χ2n) is 23.8. The maximum absolute atomic E-state index is 15.0. The molecule has 0 unspecified atom stereocenters. The molecule has 0 bridgehead atoms. The molecule has 5 rings (SSSR count). The smallest absolute Gasteiger partial charge is 0.326 e. The van der Waals surface area contributed by atoms with E-state index in [1.807, 2.05) is 0 Å². The zero-order chi connectivity index (χ0) is 67.8. The van der Waals surface area contributed by atoms with E-state index in [1.165, 1.54) is 54.2 Å². The van der Waals surface area contributed by atoms with Crippen molar-refractivity contribution in [2.75, 3.05) is 13.1 Å². The number of guanidine groups is 1. The average Bonchev–Trinajstić information content (AvgIpc) is 1.71. The van der Waals surface area contributed by atoms with Crippen LogP contribution in [0.25, 0.3) is 0 Å². The number of imidazole rings is 2. The number of aromatic nitrogens is 4. The first kappa shape index (κ1) is 72.8. The fourth-order valence-corrected chi connectivity index (χ4v) is 10.2. The second-order valence-corrected chi connectivity index (χ2v) is 23.8. The number of carbonyl (C=O) groups excluding carboxylic acids is 9. The number of aromatic hydroxyl groups is 1. The molecule has 1 aliphatic heterocycles. The Balaban J connectivity index is 1.39. The van der Waals surface area contributed by atoms with Gasteiger partial charge in [0, 0.05) is 62.6 Å². The van der Waals surface area contributed by atoms with E-state index >= 15 is 4.79 Å². The number of amides is 9. The number of likely N-dealkylation sites (tertiary alicyclic amines) is 1. The van der Waals surface area contributed by atoms with Crippen LogP contribution in [0, 0.1) is 17.8 Å². The maximum atomic E-state index is 15.0. The van der Waals surface area contributed by atoms with Gasteiger partial charge in [-0.15, -0.1) is 0 Å². The summed E-state index contributed by atoms with van der Waals surface area (Å²) in [6.07, 6.45) is 4.93. The van der Waals surface area contributed by atoms with E-state index in [0.717, 1.165) is 0 Å². The van der Waals surface area contributed by atoms with Gasteiger partial charge in [-0.25, -0.2) is 14.8 Å². The maximum Gasteiger partial charge on any atom is 0.326 e. The van der Waals surface area contributed by atoms with E-state index in [9.17, 15) is 63.3 Å². The Kier molecular flexibility index (Phi) is 28.1. The first-order valence-corrected chi connectivity index (χ1v) is 30.4. The molecule has 19 N–H and O–H groups in total. The number of aliphatic carboxylic acids is 2. The van der Waals surface area contributed by atoms with Crippen molar-refractivity contribution in [1.82, 2.24) is 67.4 Å². The highest BCUT2D eigenvalue weighted by Gasteiger charge is 2.42. The molecular weight excluding hydrogens is 1190 g/mol. The van der Waals surface area contributed by atoms with Crippen LogP contribution in [0.15, 0.2) is 84.6 Å². The van der Waals surface area contributed by atoms with Crippen molar-refractivity contribution in [1.29, 1.82) is 0 Å². The van der Waals surface area contributed by atoms with E-state index < -0.39 is 144 Å². The van der Waals surface area contributed by atoms with Crippen LogP contribution in [0.3, 0.4) is 0 Å². The second kappa shape index (κ2) is 35.5. The molecule has 9 amide bonds.